The van der Waals surface area contributed by atoms with Crippen molar-refractivity contribution in [1.29, 1.82) is 0 Å². The Balaban J connectivity index is 1.40. The van der Waals surface area contributed by atoms with Crippen LogP contribution >= 0.6 is 15.9 Å². The van der Waals surface area contributed by atoms with Crippen molar-refractivity contribution in [2.24, 2.45) is 10.3 Å². The lowest BCUT2D eigenvalue weighted by Gasteiger charge is -2.21. The molecule has 5 rings (SSSR count). The number of likely N-dealkylation sites (N-methyl/N-ethyl adjacent to an activating group) is 1. The normalized spacial score (nSPS) is 19.1. The number of ether oxygens (including phenoxy) is 2. The van der Waals surface area contributed by atoms with E-state index in [1.165, 1.54) is 5.01 Å². The van der Waals surface area contributed by atoms with Crippen molar-refractivity contribution in [1.82, 2.24) is 5.01 Å². The highest BCUT2D eigenvalue weighted by molar-refractivity contribution is 9.10. The predicted molar refractivity (Wildman–Crippen MR) is 132 cm³/mol. The first-order chi connectivity index (χ1) is 16.5. The molecule has 1 spiro atoms. The Kier molecular flexibility index (Phi) is 5.83. The summed E-state index contributed by atoms with van der Waals surface area (Å²) in [6, 6.07) is 23.0. The summed E-state index contributed by atoms with van der Waals surface area (Å²) >= 11 is 3.45. The van der Waals surface area contributed by atoms with Gasteiger partial charge in [0.25, 0.3) is 11.5 Å². The molecule has 0 aromatic heterocycles. The molecular weight excluding hydrogens is 498 g/mol. The molecule has 0 saturated carbocycles. The molecule has 2 heterocycles. The number of para-hydroxylation sites is 1. The first kappa shape index (κ1) is 22.2. The molecular formula is C26H22BrN3O4. The SMILES string of the molecule is COc1ccc(C2=NN(C)C(=O)C23CC(c2ccccc2OCc2ccc(Br)cc2)=NO3)cc1. The average Bonchev–Trinajstić information content (AvgIpc) is 3.42. The fourth-order valence-electron chi connectivity index (χ4n) is 4.07. The predicted octanol–water partition coefficient (Wildman–Crippen LogP) is 4.78. The Bertz CT molecular complexity index is 1290. The van der Waals surface area contributed by atoms with Gasteiger partial charge >= 0.3 is 0 Å². The molecule has 34 heavy (non-hydrogen) atoms. The standard InChI is InChI=1S/C26H22BrN3O4/c1-30-25(31)26(24(28-30)18-9-13-20(32-2)14-10-18)15-22(29-34-26)21-5-3-4-6-23(21)33-16-17-7-11-19(27)12-8-17/h3-14H,15-16H2,1-2H3. The molecule has 2 aliphatic heterocycles. The molecule has 1 atom stereocenters. The molecule has 0 aliphatic carbocycles. The van der Waals surface area contributed by atoms with Crippen molar-refractivity contribution in [3.63, 3.8) is 0 Å². The Morgan fingerprint density at radius 3 is 2.53 bits per heavy atom. The molecule has 3 aromatic carbocycles. The van der Waals surface area contributed by atoms with Gasteiger partial charge in [0, 0.05) is 22.6 Å². The molecule has 0 bridgehead atoms. The number of rotatable bonds is 6. The van der Waals surface area contributed by atoms with Crippen molar-refractivity contribution in [2.75, 3.05) is 14.2 Å². The van der Waals surface area contributed by atoms with Crippen LogP contribution in [0.25, 0.3) is 0 Å². The van der Waals surface area contributed by atoms with Crippen LogP contribution < -0.4 is 9.47 Å². The van der Waals surface area contributed by atoms with Crippen molar-refractivity contribution in [2.45, 2.75) is 18.6 Å². The number of benzene rings is 3. The van der Waals surface area contributed by atoms with E-state index in [1.54, 1.807) is 14.2 Å². The van der Waals surface area contributed by atoms with E-state index in [-0.39, 0.29) is 12.3 Å². The van der Waals surface area contributed by atoms with Crippen LogP contribution in [-0.2, 0) is 16.2 Å². The van der Waals surface area contributed by atoms with Gasteiger partial charge in [0.1, 0.15) is 23.8 Å². The van der Waals surface area contributed by atoms with E-state index in [4.69, 9.17) is 14.3 Å². The fraction of sp³-hybridized carbons (Fsp3) is 0.192. The summed E-state index contributed by atoms with van der Waals surface area (Å²) in [5.41, 5.74) is 2.45. The number of hydrogen-bond donors (Lipinski definition) is 0. The second-order valence-corrected chi connectivity index (χ2v) is 8.97. The van der Waals surface area contributed by atoms with E-state index in [2.05, 4.69) is 26.2 Å². The lowest BCUT2D eigenvalue weighted by molar-refractivity contribution is -0.143. The zero-order valence-electron chi connectivity index (χ0n) is 18.7. The first-order valence-corrected chi connectivity index (χ1v) is 11.5. The van der Waals surface area contributed by atoms with Crippen molar-refractivity contribution >= 4 is 33.3 Å². The molecule has 1 amide bonds. The number of nitrogens with zero attached hydrogens (tertiary/aromatic N) is 3. The van der Waals surface area contributed by atoms with Crippen LogP contribution in [0, 0.1) is 0 Å². The van der Waals surface area contributed by atoms with E-state index >= 15 is 0 Å². The largest absolute Gasteiger partial charge is 0.497 e. The van der Waals surface area contributed by atoms with Crippen LogP contribution in [0.15, 0.2) is 87.5 Å². The van der Waals surface area contributed by atoms with Gasteiger partial charge in [-0.05, 0) is 54.1 Å². The zero-order chi connectivity index (χ0) is 23.7. The molecule has 3 aromatic rings. The highest BCUT2D eigenvalue weighted by atomic mass is 79.9. The zero-order valence-corrected chi connectivity index (χ0v) is 20.3. The molecule has 0 radical (unpaired) electrons. The molecule has 0 saturated heterocycles. The third-order valence-electron chi connectivity index (χ3n) is 5.87. The lowest BCUT2D eigenvalue weighted by Crippen LogP contribution is -2.46. The second-order valence-electron chi connectivity index (χ2n) is 8.05. The van der Waals surface area contributed by atoms with Crippen LogP contribution in [-0.4, -0.2) is 42.1 Å². The monoisotopic (exact) mass is 519 g/mol. The van der Waals surface area contributed by atoms with E-state index in [9.17, 15) is 4.79 Å². The molecule has 2 aliphatic rings. The third kappa shape index (κ3) is 3.94. The van der Waals surface area contributed by atoms with Crippen LogP contribution in [0.1, 0.15) is 23.1 Å². The maximum atomic E-state index is 13.2. The Hall–Kier alpha value is -3.65. The summed E-state index contributed by atoms with van der Waals surface area (Å²) < 4.78 is 12.4. The van der Waals surface area contributed by atoms with Crippen molar-refractivity contribution in [3.05, 3.63) is 94.0 Å². The average molecular weight is 520 g/mol. The fourth-order valence-corrected chi connectivity index (χ4v) is 4.33. The smallest absolute Gasteiger partial charge is 0.296 e. The molecule has 7 nitrogen and oxygen atoms in total. The highest BCUT2D eigenvalue weighted by Gasteiger charge is 2.57. The quantitative estimate of drug-likeness (QED) is 0.469. The Morgan fingerprint density at radius 2 is 1.79 bits per heavy atom. The molecule has 8 heteroatoms. The van der Waals surface area contributed by atoms with Gasteiger partial charge in [-0.2, -0.15) is 5.10 Å². The van der Waals surface area contributed by atoms with Gasteiger partial charge in [-0.15, -0.1) is 0 Å². The second kappa shape index (κ2) is 8.95. The number of amides is 1. The number of methoxy groups -OCH3 is 1. The number of oxime groups is 1. The summed E-state index contributed by atoms with van der Waals surface area (Å²) in [7, 11) is 3.23. The van der Waals surface area contributed by atoms with E-state index in [1.807, 2.05) is 72.8 Å². The van der Waals surface area contributed by atoms with Crippen LogP contribution in [0.4, 0.5) is 0 Å². The highest BCUT2D eigenvalue weighted by Crippen LogP contribution is 2.38. The molecule has 0 N–H and O–H groups in total. The minimum Gasteiger partial charge on any atom is -0.497 e. The molecule has 1 unspecified atom stereocenters. The minimum absolute atomic E-state index is 0.250. The third-order valence-corrected chi connectivity index (χ3v) is 6.40. The van der Waals surface area contributed by atoms with Gasteiger partial charge in [-0.25, -0.2) is 5.01 Å². The van der Waals surface area contributed by atoms with E-state index in [0.717, 1.165) is 26.9 Å². The van der Waals surface area contributed by atoms with Crippen molar-refractivity contribution in [3.8, 4) is 11.5 Å². The number of carbonyl (C=O) groups is 1. The summed E-state index contributed by atoms with van der Waals surface area (Å²) in [4.78, 5) is 19.1. The van der Waals surface area contributed by atoms with Crippen LogP contribution in [0.3, 0.4) is 0 Å². The maximum absolute atomic E-state index is 13.2. The van der Waals surface area contributed by atoms with Crippen LogP contribution in [0.5, 0.6) is 11.5 Å². The number of halogens is 1. The summed E-state index contributed by atoms with van der Waals surface area (Å²) in [6.45, 7) is 0.407. The van der Waals surface area contributed by atoms with Gasteiger partial charge in [0.2, 0.25) is 0 Å². The maximum Gasteiger partial charge on any atom is 0.296 e. The number of hydrogen-bond acceptors (Lipinski definition) is 6. The minimum atomic E-state index is -1.31. The molecule has 0 fully saturated rings. The first-order valence-electron chi connectivity index (χ1n) is 10.7. The summed E-state index contributed by atoms with van der Waals surface area (Å²) in [5, 5.41) is 10.1. The lowest BCUT2D eigenvalue weighted by atomic mass is 9.86. The summed E-state index contributed by atoms with van der Waals surface area (Å²) in [6.07, 6.45) is 0.250. The molecule has 172 valence electrons. The Labute approximate surface area is 205 Å². The van der Waals surface area contributed by atoms with Gasteiger partial charge in [0.15, 0.2) is 0 Å². The Morgan fingerprint density at radius 1 is 1.06 bits per heavy atom. The summed E-state index contributed by atoms with van der Waals surface area (Å²) in [5.74, 6) is 1.13. The van der Waals surface area contributed by atoms with Crippen LogP contribution in [0.2, 0.25) is 0 Å². The number of carbonyl (C=O) groups excluding carboxylic acids is 1. The van der Waals surface area contributed by atoms with E-state index < -0.39 is 5.60 Å². The van der Waals surface area contributed by atoms with Gasteiger partial charge < -0.3 is 14.3 Å². The topological polar surface area (TPSA) is 72.7 Å². The number of hydrazone groups is 1. The van der Waals surface area contributed by atoms with Gasteiger partial charge in [-0.3, -0.25) is 4.79 Å². The van der Waals surface area contributed by atoms with Gasteiger partial charge in [-0.1, -0.05) is 45.4 Å². The van der Waals surface area contributed by atoms with Gasteiger partial charge in [0.05, 0.1) is 19.2 Å². The van der Waals surface area contributed by atoms with E-state index in [0.29, 0.717) is 23.8 Å². The van der Waals surface area contributed by atoms with Crippen molar-refractivity contribution < 1.29 is 19.1 Å².